The van der Waals surface area contributed by atoms with E-state index in [0.717, 1.165) is 32.3 Å². The molecule has 0 fully saturated rings. The molecule has 112 valence electrons. The van der Waals surface area contributed by atoms with Crippen LogP contribution in [0.4, 0.5) is 5.69 Å². The predicted molar refractivity (Wildman–Crippen MR) is 92.6 cm³/mol. The molecule has 0 aliphatic heterocycles. The highest BCUT2D eigenvalue weighted by molar-refractivity contribution is 9.10. The van der Waals surface area contributed by atoms with E-state index in [1.54, 1.807) is 11.9 Å². The highest BCUT2D eigenvalue weighted by Crippen LogP contribution is 2.29. The Morgan fingerprint density at radius 2 is 1.77 bits per heavy atom. The number of fused-ring (bicyclic) bond motifs is 1. The fraction of sp³-hybridized carbons (Fsp3) is 0.167. The first-order valence-electron chi connectivity index (χ1n) is 7.01. The zero-order valence-corrected chi connectivity index (χ0v) is 14.3. The van der Waals surface area contributed by atoms with Crippen molar-refractivity contribution in [2.24, 2.45) is 0 Å². The van der Waals surface area contributed by atoms with Crippen LogP contribution >= 0.6 is 15.9 Å². The standard InChI is InChI=1S/C18H16BrNO2/c1-11-4-7-14(8-5-11)20(3)18(21)17-12(2)15-10-13(19)6-9-16(15)22-17/h4-10H,1-3H3. The normalized spacial score (nSPS) is 10.9. The van der Waals surface area contributed by atoms with Crippen molar-refractivity contribution in [3.8, 4) is 0 Å². The molecule has 0 atom stereocenters. The summed E-state index contributed by atoms with van der Waals surface area (Å²) in [5.41, 5.74) is 3.59. The number of hydrogen-bond acceptors (Lipinski definition) is 2. The summed E-state index contributed by atoms with van der Waals surface area (Å²) in [5, 5.41) is 0.954. The van der Waals surface area contributed by atoms with Crippen molar-refractivity contribution in [1.82, 2.24) is 0 Å². The topological polar surface area (TPSA) is 33.5 Å². The number of nitrogens with zero attached hydrogens (tertiary/aromatic N) is 1. The van der Waals surface area contributed by atoms with Crippen molar-refractivity contribution < 1.29 is 9.21 Å². The number of carbonyl (C=O) groups is 1. The summed E-state index contributed by atoms with van der Waals surface area (Å²) in [6.45, 7) is 3.93. The summed E-state index contributed by atoms with van der Waals surface area (Å²) in [4.78, 5) is 14.3. The van der Waals surface area contributed by atoms with E-state index in [4.69, 9.17) is 4.42 Å². The minimum atomic E-state index is -0.145. The average molecular weight is 358 g/mol. The molecule has 3 aromatic rings. The molecule has 0 unspecified atom stereocenters. The second-order valence-corrected chi connectivity index (χ2v) is 6.31. The lowest BCUT2D eigenvalue weighted by Gasteiger charge is -2.16. The first-order valence-corrected chi connectivity index (χ1v) is 7.80. The maximum atomic E-state index is 12.7. The van der Waals surface area contributed by atoms with Gasteiger partial charge in [-0.05, 0) is 44.2 Å². The van der Waals surface area contributed by atoms with Crippen LogP contribution in [0.25, 0.3) is 11.0 Å². The van der Waals surface area contributed by atoms with Crippen LogP contribution < -0.4 is 4.90 Å². The third-order valence-electron chi connectivity index (χ3n) is 3.82. The number of amides is 1. The molecular formula is C18H16BrNO2. The molecular weight excluding hydrogens is 342 g/mol. The van der Waals surface area contributed by atoms with Crippen LogP contribution in [0.15, 0.2) is 51.4 Å². The number of furan rings is 1. The summed E-state index contributed by atoms with van der Waals surface area (Å²) in [5.74, 6) is 0.241. The molecule has 2 aromatic carbocycles. The zero-order valence-electron chi connectivity index (χ0n) is 12.7. The lowest BCUT2D eigenvalue weighted by Crippen LogP contribution is -2.26. The van der Waals surface area contributed by atoms with Crippen LogP contribution in [0.1, 0.15) is 21.7 Å². The molecule has 22 heavy (non-hydrogen) atoms. The number of halogens is 1. The smallest absolute Gasteiger partial charge is 0.294 e. The first-order chi connectivity index (χ1) is 10.5. The predicted octanol–water partition coefficient (Wildman–Crippen LogP) is 5.09. The summed E-state index contributed by atoms with van der Waals surface area (Å²) in [6, 6.07) is 13.6. The number of aryl methyl sites for hydroxylation is 2. The van der Waals surface area contributed by atoms with Gasteiger partial charge in [0.05, 0.1) is 0 Å². The molecule has 3 rings (SSSR count). The van der Waals surface area contributed by atoms with Gasteiger partial charge in [0, 0.05) is 28.2 Å². The molecule has 0 aliphatic rings. The quantitative estimate of drug-likeness (QED) is 0.639. The number of anilines is 1. The minimum Gasteiger partial charge on any atom is -0.451 e. The van der Waals surface area contributed by atoms with Crippen LogP contribution in [-0.4, -0.2) is 13.0 Å². The van der Waals surface area contributed by atoms with E-state index in [1.807, 2.05) is 56.3 Å². The number of carbonyl (C=O) groups excluding carboxylic acids is 1. The molecule has 0 aliphatic carbocycles. The van der Waals surface area contributed by atoms with Crippen LogP contribution in [0.3, 0.4) is 0 Å². The van der Waals surface area contributed by atoms with Gasteiger partial charge in [0.1, 0.15) is 5.58 Å². The number of hydrogen-bond donors (Lipinski definition) is 0. The van der Waals surface area contributed by atoms with Gasteiger partial charge in [0.25, 0.3) is 5.91 Å². The Morgan fingerprint density at radius 1 is 1.09 bits per heavy atom. The van der Waals surface area contributed by atoms with E-state index in [-0.39, 0.29) is 5.91 Å². The Balaban J connectivity index is 2.01. The summed E-state index contributed by atoms with van der Waals surface area (Å²) >= 11 is 3.45. The average Bonchev–Trinajstić information content (AvgIpc) is 2.83. The van der Waals surface area contributed by atoms with Gasteiger partial charge in [-0.15, -0.1) is 0 Å². The molecule has 4 heteroatoms. The van der Waals surface area contributed by atoms with E-state index in [2.05, 4.69) is 15.9 Å². The van der Waals surface area contributed by atoms with Crippen molar-refractivity contribution >= 4 is 38.5 Å². The van der Waals surface area contributed by atoms with Gasteiger partial charge in [-0.1, -0.05) is 33.6 Å². The van der Waals surface area contributed by atoms with Gasteiger partial charge in [-0.2, -0.15) is 0 Å². The summed E-state index contributed by atoms with van der Waals surface area (Å²) in [6.07, 6.45) is 0. The summed E-state index contributed by atoms with van der Waals surface area (Å²) < 4.78 is 6.74. The molecule has 0 bridgehead atoms. The molecule has 0 spiro atoms. The van der Waals surface area contributed by atoms with Crippen molar-refractivity contribution in [2.75, 3.05) is 11.9 Å². The van der Waals surface area contributed by atoms with Gasteiger partial charge >= 0.3 is 0 Å². The highest BCUT2D eigenvalue weighted by Gasteiger charge is 2.22. The number of rotatable bonds is 2. The summed E-state index contributed by atoms with van der Waals surface area (Å²) in [7, 11) is 1.76. The van der Waals surface area contributed by atoms with Crippen molar-refractivity contribution in [1.29, 1.82) is 0 Å². The molecule has 0 N–H and O–H groups in total. The van der Waals surface area contributed by atoms with Gasteiger partial charge in [0.2, 0.25) is 0 Å². The van der Waals surface area contributed by atoms with Crippen molar-refractivity contribution in [3.05, 3.63) is 63.8 Å². The van der Waals surface area contributed by atoms with E-state index >= 15 is 0 Å². The zero-order chi connectivity index (χ0) is 15.9. The SMILES string of the molecule is Cc1ccc(N(C)C(=O)c2oc3ccc(Br)cc3c2C)cc1. The Labute approximate surface area is 137 Å². The number of benzene rings is 2. The Morgan fingerprint density at radius 3 is 2.45 bits per heavy atom. The molecule has 1 amide bonds. The van der Waals surface area contributed by atoms with Gasteiger partial charge in [-0.25, -0.2) is 0 Å². The second-order valence-electron chi connectivity index (χ2n) is 5.40. The van der Waals surface area contributed by atoms with Crippen LogP contribution in [0, 0.1) is 13.8 Å². The lowest BCUT2D eigenvalue weighted by atomic mass is 10.1. The Kier molecular flexibility index (Phi) is 3.79. The van der Waals surface area contributed by atoms with Crippen LogP contribution in [0.2, 0.25) is 0 Å². The molecule has 1 heterocycles. The maximum absolute atomic E-state index is 12.7. The highest BCUT2D eigenvalue weighted by atomic mass is 79.9. The largest absolute Gasteiger partial charge is 0.451 e. The second kappa shape index (κ2) is 5.61. The molecule has 1 aromatic heterocycles. The first kappa shape index (κ1) is 14.9. The fourth-order valence-corrected chi connectivity index (χ4v) is 2.80. The Bertz CT molecular complexity index is 849. The van der Waals surface area contributed by atoms with Crippen molar-refractivity contribution in [2.45, 2.75) is 13.8 Å². The van der Waals surface area contributed by atoms with Gasteiger partial charge in [0.15, 0.2) is 5.76 Å². The van der Waals surface area contributed by atoms with Crippen LogP contribution in [0.5, 0.6) is 0 Å². The third-order valence-corrected chi connectivity index (χ3v) is 4.31. The van der Waals surface area contributed by atoms with Crippen LogP contribution in [-0.2, 0) is 0 Å². The molecule has 3 nitrogen and oxygen atoms in total. The lowest BCUT2D eigenvalue weighted by molar-refractivity contribution is 0.0968. The molecule has 0 saturated heterocycles. The van der Waals surface area contributed by atoms with Gasteiger partial charge in [-0.3, -0.25) is 4.79 Å². The Hall–Kier alpha value is -2.07. The van der Waals surface area contributed by atoms with Gasteiger partial charge < -0.3 is 9.32 Å². The molecule has 0 radical (unpaired) electrons. The maximum Gasteiger partial charge on any atom is 0.294 e. The molecule has 0 saturated carbocycles. The monoisotopic (exact) mass is 357 g/mol. The fourth-order valence-electron chi connectivity index (χ4n) is 2.44. The third kappa shape index (κ3) is 2.55. The van der Waals surface area contributed by atoms with E-state index in [9.17, 15) is 4.79 Å². The van der Waals surface area contributed by atoms with E-state index in [1.165, 1.54) is 0 Å². The van der Waals surface area contributed by atoms with E-state index in [0.29, 0.717) is 5.76 Å². The minimum absolute atomic E-state index is 0.145. The van der Waals surface area contributed by atoms with Crippen molar-refractivity contribution in [3.63, 3.8) is 0 Å². The van der Waals surface area contributed by atoms with E-state index < -0.39 is 0 Å².